The number of aliphatic hydroxyl groups excluding tert-OH is 1. The van der Waals surface area contributed by atoms with Crippen molar-refractivity contribution in [2.75, 3.05) is 25.6 Å². The first kappa shape index (κ1) is 20.6. The van der Waals surface area contributed by atoms with E-state index in [0.717, 1.165) is 5.56 Å². The van der Waals surface area contributed by atoms with Gasteiger partial charge in [-0.3, -0.25) is 4.79 Å². The highest BCUT2D eigenvalue weighted by Gasteiger charge is 2.22. The van der Waals surface area contributed by atoms with E-state index in [2.05, 4.69) is 15.3 Å². The van der Waals surface area contributed by atoms with Crippen LogP contribution in [0, 0.1) is 0 Å². The molecule has 0 bridgehead atoms. The molecule has 0 saturated carbocycles. The molecule has 146 valence electrons. The van der Waals surface area contributed by atoms with E-state index in [1.54, 1.807) is 25.3 Å². The third kappa shape index (κ3) is 5.38. The number of rotatable bonds is 9. The van der Waals surface area contributed by atoms with Crippen LogP contribution < -0.4 is 14.8 Å². The van der Waals surface area contributed by atoms with Crippen LogP contribution in [0.1, 0.15) is 43.8 Å². The SMILES string of the molecule is CCOc1cc(OCC)nc(C(O)c2cccc(COC)c2NC(C)=O)n1. The summed E-state index contributed by atoms with van der Waals surface area (Å²) in [4.78, 5) is 20.2. The lowest BCUT2D eigenvalue weighted by atomic mass is 10.0. The molecule has 0 aliphatic rings. The van der Waals surface area contributed by atoms with Crippen molar-refractivity contribution in [1.29, 1.82) is 0 Å². The lowest BCUT2D eigenvalue weighted by molar-refractivity contribution is -0.114. The average molecular weight is 375 g/mol. The highest BCUT2D eigenvalue weighted by molar-refractivity contribution is 5.90. The van der Waals surface area contributed by atoms with Crippen LogP contribution in [0.5, 0.6) is 11.8 Å². The van der Waals surface area contributed by atoms with Crippen molar-refractivity contribution in [3.63, 3.8) is 0 Å². The molecule has 0 radical (unpaired) electrons. The standard InChI is InChI=1S/C19H25N3O5/c1-5-26-15-10-16(27-6-2)22-19(21-15)18(24)14-9-7-8-13(11-25-4)17(14)20-12(3)23/h7-10,18,24H,5-6,11H2,1-4H3,(H,20,23). The molecule has 0 aliphatic carbocycles. The molecule has 1 unspecified atom stereocenters. The van der Waals surface area contributed by atoms with Gasteiger partial charge in [-0.1, -0.05) is 18.2 Å². The van der Waals surface area contributed by atoms with Crippen molar-refractivity contribution in [3.05, 3.63) is 41.2 Å². The Kier molecular flexibility index (Phi) is 7.51. The molecule has 1 heterocycles. The fourth-order valence-corrected chi connectivity index (χ4v) is 2.58. The molecule has 27 heavy (non-hydrogen) atoms. The van der Waals surface area contributed by atoms with Crippen LogP contribution in [0.15, 0.2) is 24.3 Å². The number of ether oxygens (including phenoxy) is 3. The fraction of sp³-hybridized carbons (Fsp3) is 0.421. The smallest absolute Gasteiger partial charge is 0.221 e. The minimum absolute atomic E-state index is 0.116. The van der Waals surface area contributed by atoms with Gasteiger partial charge in [0.1, 0.15) is 6.10 Å². The molecule has 0 aliphatic heterocycles. The number of hydrogen-bond acceptors (Lipinski definition) is 7. The molecule has 1 atom stereocenters. The minimum Gasteiger partial charge on any atom is -0.478 e. The summed E-state index contributed by atoms with van der Waals surface area (Å²) in [6.45, 7) is 6.18. The number of hydrogen-bond donors (Lipinski definition) is 2. The number of anilines is 1. The van der Waals surface area contributed by atoms with E-state index < -0.39 is 6.10 Å². The second-order valence-electron chi connectivity index (χ2n) is 5.67. The zero-order valence-electron chi connectivity index (χ0n) is 16.0. The van der Waals surface area contributed by atoms with Gasteiger partial charge in [-0.15, -0.1) is 0 Å². The molecule has 2 N–H and O–H groups in total. The van der Waals surface area contributed by atoms with Crippen LogP contribution in [0.2, 0.25) is 0 Å². The number of carbonyl (C=O) groups excluding carboxylic acids is 1. The van der Waals surface area contributed by atoms with E-state index in [1.165, 1.54) is 6.92 Å². The minimum atomic E-state index is -1.19. The van der Waals surface area contributed by atoms with Gasteiger partial charge in [0.2, 0.25) is 17.7 Å². The predicted octanol–water partition coefficient (Wildman–Crippen LogP) is 2.46. The Balaban J connectivity index is 2.51. The molecule has 0 saturated heterocycles. The summed E-state index contributed by atoms with van der Waals surface area (Å²) in [6, 6.07) is 6.85. The van der Waals surface area contributed by atoms with Gasteiger partial charge in [0.25, 0.3) is 0 Å². The van der Waals surface area contributed by atoms with Crippen LogP contribution in [0.4, 0.5) is 5.69 Å². The number of nitrogens with zero attached hydrogens (tertiary/aromatic N) is 2. The first-order valence-electron chi connectivity index (χ1n) is 8.71. The van der Waals surface area contributed by atoms with Crippen LogP contribution >= 0.6 is 0 Å². The van der Waals surface area contributed by atoms with Crippen LogP contribution in [-0.4, -0.2) is 41.3 Å². The Hall–Kier alpha value is -2.71. The van der Waals surface area contributed by atoms with Crippen molar-refractivity contribution in [3.8, 4) is 11.8 Å². The third-order valence-electron chi connectivity index (χ3n) is 3.60. The number of para-hydroxylation sites is 1. The summed E-state index contributed by atoms with van der Waals surface area (Å²) in [7, 11) is 1.56. The predicted molar refractivity (Wildman–Crippen MR) is 99.9 cm³/mol. The summed E-state index contributed by atoms with van der Waals surface area (Å²) in [5, 5.41) is 13.7. The Bertz CT molecular complexity index is 758. The van der Waals surface area contributed by atoms with Gasteiger partial charge in [-0.05, 0) is 13.8 Å². The lowest BCUT2D eigenvalue weighted by Gasteiger charge is -2.19. The number of carbonyl (C=O) groups is 1. The summed E-state index contributed by atoms with van der Waals surface area (Å²) in [6.07, 6.45) is -1.19. The molecule has 8 heteroatoms. The first-order valence-corrected chi connectivity index (χ1v) is 8.71. The zero-order chi connectivity index (χ0) is 19.8. The Morgan fingerprint density at radius 1 is 1.19 bits per heavy atom. The van der Waals surface area contributed by atoms with Gasteiger partial charge in [0.15, 0.2) is 5.82 Å². The van der Waals surface area contributed by atoms with Crippen LogP contribution in [0.25, 0.3) is 0 Å². The second-order valence-corrected chi connectivity index (χ2v) is 5.67. The van der Waals surface area contributed by atoms with Crippen LogP contribution in [-0.2, 0) is 16.1 Å². The Morgan fingerprint density at radius 3 is 2.33 bits per heavy atom. The average Bonchev–Trinajstić information content (AvgIpc) is 2.63. The van der Waals surface area contributed by atoms with E-state index in [1.807, 2.05) is 19.9 Å². The van der Waals surface area contributed by atoms with Gasteiger partial charge in [-0.2, -0.15) is 9.97 Å². The number of nitrogens with one attached hydrogen (secondary N) is 1. The normalized spacial score (nSPS) is 11.7. The molecule has 8 nitrogen and oxygen atoms in total. The molecular formula is C19H25N3O5. The van der Waals surface area contributed by atoms with Crippen molar-refractivity contribution < 1.29 is 24.1 Å². The fourth-order valence-electron chi connectivity index (χ4n) is 2.58. The highest BCUT2D eigenvalue weighted by Crippen LogP contribution is 2.32. The van der Waals surface area contributed by atoms with Crippen molar-refractivity contribution in [2.24, 2.45) is 0 Å². The third-order valence-corrected chi connectivity index (χ3v) is 3.60. The molecular weight excluding hydrogens is 350 g/mol. The monoisotopic (exact) mass is 375 g/mol. The Labute approximate surface area is 158 Å². The van der Waals surface area contributed by atoms with Gasteiger partial charge in [0, 0.05) is 25.2 Å². The zero-order valence-corrected chi connectivity index (χ0v) is 16.0. The summed E-state index contributed by atoms with van der Waals surface area (Å²) >= 11 is 0. The quantitative estimate of drug-likeness (QED) is 0.694. The van der Waals surface area contributed by atoms with Crippen LogP contribution in [0.3, 0.4) is 0 Å². The number of aliphatic hydroxyl groups is 1. The van der Waals surface area contributed by atoms with Crippen molar-refractivity contribution in [2.45, 2.75) is 33.5 Å². The maximum Gasteiger partial charge on any atom is 0.221 e. The van der Waals surface area contributed by atoms with E-state index in [-0.39, 0.29) is 18.3 Å². The van der Waals surface area contributed by atoms with E-state index in [0.29, 0.717) is 36.2 Å². The summed E-state index contributed by atoms with van der Waals surface area (Å²) < 4.78 is 16.1. The first-order chi connectivity index (χ1) is 13.0. The van der Waals surface area contributed by atoms with Crippen molar-refractivity contribution >= 4 is 11.6 Å². The molecule has 1 aromatic heterocycles. The maximum absolute atomic E-state index is 11.7. The largest absolute Gasteiger partial charge is 0.478 e. The van der Waals surface area contributed by atoms with Gasteiger partial charge < -0.3 is 24.6 Å². The summed E-state index contributed by atoms with van der Waals surface area (Å²) in [5.41, 5.74) is 1.66. The molecule has 0 spiro atoms. The number of methoxy groups -OCH3 is 1. The van der Waals surface area contributed by atoms with Gasteiger partial charge in [0.05, 0.1) is 31.6 Å². The topological polar surface area (TPSA) is 103 Å². The molecule has 0 fully saturated rings. The van der Waals surface area contributed by atoms with Gasteiger partial charge in [-0.25, -0.2) is 0 Å². The maximum atomic E-state index is 11.7. The van der Waals surface area contributed by atoms with E-state index in [9.17, 15) is 9.90 Å². The number of amides is 1. The van der Waals surface area contributed by atoms with Crippen molar-refractivity contribution in [1.82, 2.24) is 9.97 Å². The molecule has 1 aromatic carbocycles. The molecule has 2 rings (SSSR count). The Morgan fingerprint density at radius 2 is 1.81 bits per heavy atom. The second kappa shape index (κ2) is 9.84. The van der Waals surface area contributed by atoms with E-state index >= 15 is 0 Å². The number of benzene rings is 1. The van der Waals surface area contributed by atoms with Gasteiger partial charge >= 0.3 is 0 Å². The highest BCUT2D eigenvalue weighted by atomic mass is 16.5. The molecule has 2 aromatic rings. The summed E-state index contributed by atoms with van der Waals surface area (Å²) in [5.74, 6) is 0.467. The number of aromatic nitrogens is 2. The van der Waals surface area contributed by atoms with E-state index in [4.69, 9.17) is 14.2 Å². The molecule has 1 amide bonds. The lowest BCUT2D eigenvalue weighted by Crippen LogP contribution is -2.15.